The quantitative estimate of drug-likeness (QED) is 0.255. The molecule has 0 heterocycles. The minimum atomic E-state index is -0.374. The van der Waals surface area contributed by atoms with Crippen LogP contribution >= 0.6 is 11.6 Å². The van der Waals surface area contributed by atoms with Gasteiger partial charge in [-0.15, -0.1) is 0 Å². The molecule has 0 fully saturated rings. The van der Waals surface area contributed by atoms with Crippen molar-refractivity contribution in [2.75, 3.05) is 25.1 Å². The maximum atomic E-state index is 12.5. The predicted molar refractivity (Wildman–Crippen MR) is 140 cm³/mol. The second-order valence-electron chi connectivity index (χ2n) is 7.55. The molecule has 0 bridgehead atoms. The number of hydrazone groups is 1. The Kier molecular flexibility index (Phi) is 10.1. The Labute approximate surface area is 215 Å². The number of nitrogens with one attached hydrogen (secondary N) is 2. The van der Waals surface area contributed by atoms with Crippen LogP contribution in [0, 0.1) is 0 Å². The lowest BCUT2D eigenvalue weighted by atomic mass is 10.2. The molecule has 3 aromatic rings. The van der Waals surface area contributed by atoms with E-state index in [1.54, 1.807) is 66.7 Å². The number of nitrogens with zero attached hydrogens (tertiary/aromatic N) is 1. The Bertz CT molecular complexity index is 1180. The first-order valence-electron chi connectivity index (χ1n) is 11.5. The summed E-state index contributed by atoms with van der Waals surface area (Å²) in [5, 5.41) is 7.33. The second-order valence-corrected chi connectivity index (χ2v) is 7.99. The van der Waals surface area contributed by atoms with Crippen molar-refractivity contribution in [3.8, 4) is 17.2 Å². The summed E-state index contributed by atoms with van der Waals surface area (Å²) < 4.78 is 16.8. The highest BCUT2D eigenvalue weighted by Gasteiger charge is 2.11. The molecule has 2 amide bonds. The van der Waals surface area contributed by atoms with Crippen LogP contribution in [-0.4, -0.2) is 37.8 Å². The van der Waals surface area contributed by atoms with Gasteiger partial charge in [-0.05, 0) is 85.6 Å². The van der Waals surface area contributed by atoms with Crippen molar-refractivity contribution < 1.29 is 23.8 Å². The Morgan fingerprint density at radius 1 is 0.917 bits per heavy atom. The van der Waals surface area contributed by atoms with E-state index in [0.29, 0.717) is 46.7 Å². The fourth-order valence-electron chi connectivity index (χ4n) is 3.01. The Hall–Kier alpha value is -4.04. The molecule has 8 nitrogen and oxygen atoms in total. The van der Waals surface area contributed by atoms with Crippen molar-refractivity contribution in [2.24, 2.45) is 5.10 Å². The fraction of sp³-hybridized carbons (Fsp3) is 0.222. The van der Waals surface area contributed by atoms with Gasteiger partial charge in [0.25, 0.3) is 11.8 Å². The zero-order valence-corrected chi connectivity index (χ0v) is 20.9. The molecule has 0 aliphatic rings. The first-order chi connectivity index (χ1) is 17.5. The Morgan fingerprint density at radius 3 is 2.36 bits per heavy atom. The van der Waals surface area contributed by atoms with E-state index >= 15 is 0 Å². The molecule has 0 saturated carbocycles. The molecular weight excluding hydrogens is 482 g/mol. The maximum Gasteiger partial charge on any atom is 0.271 e. The van der Waals surface area contributed by atoms with E-state index in [4.69, 9.17) is 25.8 Å². The van der Waals surface area contributed by atoms with E-state index in [-0.39, 0.29) is 18.4 Å². The third kappa shape index (κ3) is 8.32. The van der Waals surface area contributed by atoms with Gasteiger partial charge < -0.3 is 19.5 Å². The molecule has 0 aromatic heterocycles. The summed E-state index contributed by atoms with van der Waals surface area (Å²) in [7, 11) is 0. The zero-order chi connectivity index (χ0) is 25.8. The van der Waals surface area contributed by atoms with Crippen molar-refractivity contribution >= 4 is 35.3 Å². The molecule has 0 unspecified atom stereocenters. The summed E-state index contributed by atoms with van der Waals surface area (Å²) in [5.74, 6) is 0.976. The number of carbonyl (C=O) groups is 2. The first kappa shape index (κ1) is 26.6. The van der Waals surface area contributed by atoms with Crippen LogP contribution in [0.4, 0.5) is 5.69 Å². The third-order valence-corrected chi connectivity index (χ3v) is 4.98. The number of ether oxygens (including phenoxy) is 3. The minimum Gasteiger partial charge on any atom is -0.490 e. The summed E-state index contributed by atoms with van der Waals surface area (Å²) in [4.78, 5) is 24.5. The molecule has 0 radical (unpaired) electrons. The van der Waals surface area contributed by atoms with Gasteiger partial charge >= 0.3 is 0 Å². The number of carbonyl (C=O) groups excluding carboxylic acids is 2. The van der Waals surface area contributed by atoms with E-state index in [1.165, 1.54) is 6.21 Å². The smallest absolute Gasteiger partial charge is 0.271 e. The van der Waals surface area contributed by atoms with Gasteiger partial charge in [-0.3, -0.25) is 9.59 Å². The lowest BCUT2D eigenvalue weighted by Crippen LogP contribution is -2.20. The van der Waals surface area contributed by atoms with Crippen LogP contribution in [0.15, 0.2) is 71.8 Å². The number of rotatable bonds is 12. The lowest BCUT2D eigenvalue weighted by molar-refractivity contribution is -0.118. The van der Waals surface area contributed by atoms with Crippen LogP contribution in [0.1, 0.15) is 36.2 Å². The molecule has 2 N–H and O–H groups in total. The monoisotopic (exact) mass is 509 g/mol. The van der Waals surface area contributed by atoms with Crippen LogP contribution in [-0.2, 0) is 4.79 Å². The van der Waals surface area contributed by atoms with Gasteiger partial charge in [0, 0.05) is 16.3 Å². The molecule has 36 heavy (non-hydrogen) atoms. The van der Waals surface area contributed by atoms with Gasteiger partial charge in [0.2, 0.25) is 0 Å². The van der Waals surface area contributed by atoms with Crippen molar-refractivity contribution in [1.82, 2.24) is 5.43 Å². The van der Waals surface area contributed by atoms with Crippen LogP contribution in [0.25, 0.3) is 0 Å². The number of halogens is 1. The van der Waals surface area contributed by atoms with E-state index in [0.717, 1.165) is 12.0 Å². The SMILES string of the molecule is CCCOc1ccc(C(=O)N/N=C/c2ccc(OCC(=O)Nc3ccc(Cl)cc3)cc2)cc1OCC. The highest BCUT2D eigenvalue weighted by Crippen LogP contribution is 2.28. The average molecular weight is 510 g/mol. The van der Waals surface area contributed by atoms with E-state index < -0.39 is 0 Å². The van der Waals surface area contributed by atoms with E-state index in [9.17, 15) is 9.59 Å². The average Bonchev–Trinajstić information content (AvgIpc) is 2.89. The molecule has 0 spiro atoms. The highest BCUT2D eigenvalue weighted by molar-refractivity contribution is 6.30. The van der Waals surface area contributed by atoms with Crippen LogP contribution in [0.2, 0.25) is 5.02 Å². The van der Waals surface area contributed by atoms with Gasteiger partial charge in [0.05, 0.1) is 19.4 Å². The second kappa shape index (κ2) is 13.7. The molecule has 3 rings (SSSR count). The molecule has 0 aliphatic carbocycles. The minimum absolute atomic E-state index is 0.141. The molecule has 3 aromatic carbocycles. The molecular formula is C27H28ClN3O5. The fourth-order valence-corrected chi connectivity index (χ4v) is 3.13. The van der Waals surface area contributed by atoms with Crippen LogP contribution < -0.4 is 25.0 Å². The summed E-state index contributed by atoms with van der Waals surface area (Å²) >= 11 is 5.84. The zero-order valence-electron chi connectivity index (χ0n) is 20.1. The topological polar surface area (TPSA) is 98.3 Å². The number of hydrogen-bond donors (Lipinski definition) is 2. The van der Waals surface area contributed by atoms with E-state index in [1.807, 2.05) is 13.8 Å². The van der Waals surface area contributed by atoms with Crippen molar-refractivity contribution in [1.29, 1.82) is 0 Å². The molecule has 9 heteroatoms. The van der Waals surface area contributed by atoms with Crippen LogP contribution in [0.5, 0.6) is 17.2 Å². The largest absolute Gasteiger partial charge is 0.490 e. The van der Waals surface area contributed by atoms with E-state index in [2.05, 4.69) is 15.8 Å². The van der Waals surface area contributed by atoms with Gasteiger partial charge in [-0.1, -0.05) is 18.5 Å². The summed E-state index contributed by atoms with van der Waals surface area (Å²) in [6.45, 7) is 4.77. The van der Waals surface area contributed by atoms with Crippen LogP contribution in [0.3, 0.4) is 0 Å². The maximum absolute atomic E-state index is 12.5. The normalized spacial score (nSPS) is 10.6. The van der Waals surface area contributed by atoms with Gasteiger partial charge in [0.1, 0.15) is 5.75 Å². The third-order valence-electron chi connectivity index (χ3n) is 4.73. The summed E-state index contributed by atoms with van der Waals surface area (Å²) in [5.41, 5.74) is 4.28. The van der Waals surface area contributed by atoms with Crippen molar-refractivity contribution in [2.45, 2.75) is 20.3 Å². The first-order valence-corrected chi connectivity index (χ1v) is 11.9. The number of anilines is 1. The Balaban J connectivity index is 1.49. The summed E-state index contributed by atoms with van der Waals surface area (Å²) in [6, 6.07) is 18.8. The molecule has 0 aliphatic heterocycles. The highest BCUT2D eigenvalue weighted by atomic mass is 35.5. The molecule has 188 valence electrons. The standard InChI is InChI=1S/C27H28ClN3O5/c1-3-15-35-24-14-7-20(16-25(24)34-4-2)27(33)31-29-17-19-5-12-23(13-6-19)36-18-26(32)30-22-10-8-21(28)9-11-22/h5-14,16-17H,3-4,15,18H2,1-2H3,(H,30,32)(H,31,33)/b29-17+. The lowest BCUT2D eigenvalue weighted by Gasteiger charge is -2.12. The van der Waals surface area contributed by atoms with Crippen molar-refractivity contribution in [3.05, 3.63) is 82.9 Å². The summed E-state index contributed by atoms with van der Waals surface area (Å²) in [6.07, 6.45) is 2.38. The van der Waals surface area contributed by atoms with Gasteiger partial charge in [0.15, 0.2) is 18.1 Å². The van der Waals surface area contributed by atoms with Gasteiger partial charge in [-0.2, -0.15) is 5.10 Å². The van der Waals surface area contributed by atoms with Crippen molar-refractivity contribution in [3.63, 3.8) is 0 Å². The molecule has 0 atom stereocenters. The number of amides is 2. The van der Waals surface area contributed by atoms with Gasteiger partial charge in [-0.25, -0.2) is 5.43 Å². The number of hydrogen-bond acceptors (Lipinski definition) is 6. The predicted octanol–water partition coefficient (Wildman–Crippen LogP) is 5.31. The molecule has 0 saturated heterocycles. The Morgan fingerprint density at radius 2 is 1.67 bits per heavy atom. The number of benzene rings is 3.